The van der Waals surface area contributed by atoms with Crippen LogP contribution in [0, 0.1) is 41.5 Å². The number of carbonyl (C=O) groups excluding carboxylic acids is 6. The van der Waals surface area contributed by atoms with Crippen LogP contribution in [-0.2, 0) is 0 Å². The number of rotatable bonds is 11. The summed E-state index contributed by atoms with van der Waals surface area (Å²) in [7, 11) is 0. The number of benzene rings is 6. The molecule has 0 saturated carbocycles. The lowest BCUT2D eigenvalue weighted by Gasteiger charge is -2.29. The molecule has 0 spiro atoms. The maximum absolute atomic E-state index is 12.1. The van der Waals surface area contributed by atoms with Gasteiger partial charge in [-0.1, -0.05) is 48.5 Å². The highest BCUT2D eigenvalue weighted by atomic mass is 16.1. The second-order valence-corrected chi connectivity index (χ2v) is 13.7. The molecule has 0 aliphatic carbocycles. The van der Waals surface area contributed by atoms with Crippen LogP contribution in [-0.4, -0.2) is 37.7 Å². The molecule has 6 aromatic rings. The fraction of sp³-hybridized carbons (Fsp3) is 0.125. The highest BCUT2D eigenvalue weighted by molar-refractivity contribution is 6.00. The standard InChI is InChI=1S/C48H38O6/c1-27-43(39-11-7-33(21-49)8-12-39)29(3)47(30(4)44(27)40-13-9-34(22-50)10-14-40)48-31(5)45(41-17-35(23-51)15-36(18-41)24-52)28(2)46(32(48)6)42-19-37(25-53)16-38(20-42)26-54/h7-26H,1-6H3. The van der Waals surface area contributed by atoms with Crippen molar-refractivity contribution in [1.29, 1.82) is 0 Å². The van der Waals surface area contributed by atoms with Crippen LogP contribution >= 0.6 is 0 Å². The predicted molar refractivity (Wildman–Crippen MR) is 214 cm³/mol. The number of hydrogen-bond donors (Lipinski definition) is 0. The van der Waals surface area contributed by atoms with E-state index in [0.29, 0.717) is 44.5 Å². The first-order valence-electron chi connectivity index (χ1n) is 17.5. The van der Waals surface area contributed by atoms with Crippen LogP contribution in [0.5, 0.6) is 0 Å². The molecule has 0 atom stereocenters. The van der Waals surface area contributed by atoms with Gasteiger partial charge in [-0.2, -0.15) is 0 Å². The second kappa shape index (κ2) is 15.1. The van der Waals surface area contributed by atoms with Crippen LogP contribution in [0.15, 0.2) is 84.9 Å². The lowest BCUT2D eigenvalue weighted by Crippen LogP contribution is -2.06. The van der Waals surface area contributed by atoms with Crippen molar-refractivity contribution in [3.63, 3.8) is 0 Å². The van der Waals surface area contributed by atoms with Crippen molar-refractivity contribution in [1.82, 2.24) is 0 Å². The number of aldehydes is 6. The molecule has 0 aliphatic heterocycles. The molecule has 0 unspecified atom stereocenters. The van der Waals surface area contributed by atoms with E-state index in [-0.39, 0.29) is 0 Å². The molecule has 0 bridgehead atoms. The van der Waals surface area contributed by atoms with Gasteiger partial charge in [0.15, 0.2) is 0 Å². The van der Waals surface area contributed by atoms with Gasteiger partial charge in [-0.3, -0.25) is 28.8 Å². The molecule has 6 nitrogen and oxygen atoms in total. The maximum Gasteiger partial charge on any atom is 0.150 e. The summed E-state index contributed by atoms with van der Waals surface area (Å²) in [5.41, 5.74) is 16.9. The molecule has 0 aliphatic rings. The fourth-order valence-corrected chi connectivity index (χ4v) is 8.29. The maximum atomic E-state index is 12.1. The van der Waals surface area contributed by atoms with Crippen molar-refractivity contribution in [2.45, 2.75) is 41.5 Å². The molecule has 0 amide bonds. The van der Waals surface area contributed by atoms with Gasteiger partial charge in [0.05, 0.1) is 0 Å². The van der Waals surface area contributed by atoms with E-state index in [9.17, 15) is 28.8 Å². The zero-order valence-corrected chi connectivity index (χ0v) is 31.0. The molecule has 0 fully saturated rings. The van der Waals surface area contributed by atoms with Gasteiger partial charge in [-0.15, -0.1) is 0 Å². The number of hydrogen-bond acceptors (Lipinski definition) is 6. The Morgan fingerprint density at radius 3 is 0.722 bits per heavy atom. The molecule has 54 heavy (non-hydrogen) atoms. The predicted octanol–water partition coefficient (Wildman–Crippen LogP) is 10.7. The fourth-order valence-electron chi connectivity index (χ4n) is 8.29. The Morgan fingerprint density at radius 2 is 0.481 bits per heavy atom. The van der Waals surface area contributed by atoms with Crippen LogP contribution in [0.4, 0.5) is 0 Å². The Kier molecular flexibility index (Phi) is 10.4. The molecule has 0 N–H and O–H groups in total. The van der Waals surface area contributed by atoms with E-state index >= 15 is 0 Å². The van der Waals surface area contributed by atoms with Crippen molar-refractivity contribution in [3.05, 3.63) is 152 Å². The summed E-state index contributed by atoms with van der Waals surface area (Å²) in [6.45, 7) is 12.3. The minimum Gasteiger partial charge on any atom is -0.298 e. The molecular formula is C48H38O6. The lowest BCUT2D eigenvalue weighted by molar-refractivity contribution is 0.111. The Bertz CT molecular complexity index is 2310. The molecule has 0 heterocycles. The lowest BCUT2D eigenvalue weighted by atomic mass is 9.75. The van der Waals surface area contributed by atoms with E-state index in [0.717, 1.165) is 116 Å². The first kappa shape index (κ1) is 37.1. The van der Waals surface area contributed by atoms with Crippen LogP contribution in [0.2, 0.25) is 0 Å². The summed E-state index contributed by atoms with van der Waals surface area (Å²) in [4.78, 5) is 71.7. The van der Waals surface area contributed by atoms with Gasteiger partial charge in [0.1, 0.15) is 37.7 Å². The summed E-state index contributed by atoms with van der Waals surface area (Å²) in [5, 5.41) is 0. The van der Waals surface area contributed by atoms with E-state index in [1.165, 1.54) is 0 Å². The van der Waals surface area contributed by atoms with E-state index in [1.54, 1.807) is 60.7 Å². The molecule has 6 rings (SSSR count). The monoisotopic (exact) mass is 710 g/mol. The van der Waals surface area contributed by atoms with Crippen molar-refractivity contribution in [2.75, 3.05) is 0 Å². The van der Waals surface area contributed by atoms with E-state index in [1.807, 2.05) is 45.0 Å². The minimum atomic E-state index is 0.355. The Labute approximate surface area is 314 Å². The molecule has 0 saturated heterocycles. The zero-order chi connectivity index (χ0) is 38.8. The van der Waals surface area contributed by atoms with E-state index in [4.69, 9.17) is 0 Å². The van der Waals surface area contributed by atoms with Crippen LogP contribution in [0.25, 0.3) is 55.6 Å². The van der Waals surface area contributed by atoms with E-state index in [2.05, 4.69) is 20.8 Å². The van der Waals surface area contributed by atoms with Gasteiger partial charge >= 0.3 is 0 Å². The van der Waals surface area contributed by atoms with Gasteiger partial charge in [-0.25, -0.2) is 0 Å². The third-order valence-electron chi connectivity index (χ3n) is 10.5. The van der Waals surface area contributed by atoms with Crippen molar-refractivity contribution in [3.8, 4) is 55.6 Å². The third-order valence-corrected chi connectivity index (χ3v) is 10.5. The Hall–Kier alpha value is -6.66. The zero-order valence-electron chi connectivity index (χ0n) is 31.0. The Morgan fingerprint density at radius 1 is 0.259 bits per heavy atom. The summed E-state index contributed by atoms with van der Waals surface area (Å²) in [6.07, 6.45) is 4.52. The summed E-state index contributed by atoms with van der Waals surface area (Å²) in [5.74, 6) is 0. The normalized spacial score (nSPS) is 10.9. The topological polar surface area (TPSA) is 102 Å². The molecule has 6 heteroatoms. The van der Waals surface area contributed by atoms with Crippen LogP contribution in [0.3, 0.4) is 0 Å². The average Bonchev–Trinajstić information content (AvgIpc) is 3.19. The summed E-state index contributed by atoms with van der Waals surface area (Å²) < 4.78 is 0. The first-order chi connectivity index (χ1) is 26.0. The molecule has 0 radical (unpaired) electrons. The Balaban J connectivity index is 1.84. The van der Waals surface area contributed by atoms with Gasteiger partial charge in [0.2, 0.25) is 0 Å². The largest absolute Gasteiger partial charge is 0.298 e. The summed E-state index contributed by atoms with van der Waals surface area (Å²) in [6, 6.07) is 25.2. The number of carbonyl (C=O) groups is 6. The molecule has 0 aromatic heterocycles. The van der Waals surface area contributed by atoms with Crippen molar-refractivity contribution in [2.24, 2.45) is 0 Å². The second-order valence-electron chi connectivity index (χ2n) is 13.7. The highest BCUT2D eigenvalue weighted by Gasteiger charge is 2.27. The quantitative estimate of drug-likeness (QED) is 0.124. The average molecular weight is 711 g/mol. The van der Waals surface area contributed by atoms with Gasteiger partial charge in [0, 0.05) is 33.4 Å². The van der Waals surface area contributed by atoms with Gasteiger partial charge in [0.25, 0.3) is 0 Å². The molecular weight excluding hydrogens is 673 g/mol. The van der Waals surface area contributed by atoms with Gasteiger partial charge < -0.3 is 0 Å². The molecule has 6 aromatic carbocycles. The highest BCUT2D eigenvalue weighted by Crippen LogP contribution is 2.50. The van der Waals surface area contributed by atoms with Crippen LogP contribution in [0.1, 0.15) is 95.5 Å². The van der Waals surface area contributed by atoms with Crippen molar-refractivity contribution >= 4 is 37.7 Å². The van der Waals surface area contributed by atoms with Gasteiger partial charge in [-0.05, 0) is 167 Å². The SMILES string of the molecule is Cc1c(-c2ccc(C=O)cc2)c(C)c(-c2c(C)c(-c3cc(C=O)cc(C=O)c3)c(C)c(-c3cc(C=O)cc(C=O)c3)c2C)c(C)c1-c1ccc(C=O)cc1. The third kappa shape index (κ3) is 6.47. The minimum absolute atomic E-state index is 0.355. The molecule has 266 valence electrons. The van der Waals surface area contributed by atoms with Crippen LogP contribution < -0.4 is 0 Å². The van der Waals surface area contributed by atoms with Crippen molar-refractivity contribution < 1.29 is 28.8 Å². The summed E-state index contributed by atoms with van der Waals surface area (Å²) >= 11 is 0. The first-order valence-corrected chi connectivity index (χ1v) is 17.5. The van der Waals surface area contributed by atoms with E-state index < -0.39 is 0 Å². The smallest absolute Gasteiger partial charge is 0.150 e.